The average Bonchev–Trinajstić information content (AvgIpc) is 2.93. The summed E-state index contributed by atoms with van der Waals surface area (Å²) in [5.41, 5.74) is 3.68. The van der Waals surface area contributed by atoms with Crippen LogP contribution in [0, 0.1) is 0 Å². The van der Waals surface area contributed by atoms with Crippen molar-refractivity contribution in [3.05, 3.63) is 95.1 Å². The minimum atomic E-state index is -0.677. The lowest BCUT2D eigenvalue weighted by Gasteiger charge is -2.14. The molecule has 0 aliphatic carbocycles. The number of carbonyl (C=O) groups excluding carboxylic acids is 1. The first-order valence-corrected chi connectivity index (χ1v) is 12.9. The lowest BCUT2D eigenvalue weighted by Crippen LogP contribution is -2.22. The highest BCUT2D eigenvalue weighted by Crippen LogP contribution is 2.22. The van der Waals surface area contributed by atoms with Gasteiger partial charge in [0.15, 0.2) is 0 Å². The molecule has 0 aromatic heterocycles. The van der Waals surface area contributed by atoms with Crippen LogP contribution in [0.2, 0.25) is 0 Å². The van der Waals surface area contributed by atoms with Crippen LogP contribution < -0.4 is 10.6 Å². The van der Waals surface area contributed by atoms with Crippen molar-refractivity contribution < 1.29 is 24.9 Å². The van der Waals surface area contributed by atoms with Crippen molar-refractivity contribution in [2.75, 3.05) is 31.6 Å². The fraction of sp³-hybridized carbons (Fsp3) is 0.367. The number of anilines is 1. The van der Waals surface area contributed by atoms with Crippen LogP contribution in [0.15, 0.2) is 72.8 Å². The van der Waals surface area contributed by atoms with E-state index >= 15 is 0 Å². The number of aliphatic hydroxyl groups excluding tert-OH is 2. The third-order valence-corrected chi connectivity index (χ3v) is 6.17. The fourth-order valence-electron chi connectivity index (χ4n) is 3.94. The summed E-state index contributed by atoms with van der Waals surface area (Å²) in [6.07, 6.45) is 4.39. The number of benzene rings is 3. The molecule has 0 bridgehead atoms. The monoisotopic (exact) mass is 506 g/mol. The maximum absolute atomic E-state index is 12.2. The summed E-state index contributed by atoms with van der Waals surface area (Å²) < 4.78 is 5.77. The van der Waals surface area contributed by atoms with Gasteiger partial charge >= 0.3 is 0 Å². The zero-order chi connectivity index (χ0) is 26.3. The molecule has 37 heavy (non-hydrogen) atoms. The largest absolute Gasteiger partial charge is 0.508 e. The maximum Gasteiger partial charge on any atom is 0.255 e. The smallest absolute Gasteiger partial charge is 0.255 e. The Bertz CT molecular complexity index is 1070. The SMILES string of the molecule is O=C(Nc1ccc(CCOCCCCCCNCC(O)c2ccc(O)c(CO)c2)cc1)c1ccccc1. The van der Waals surface area contributed by atoms with E-state index < -0.39 is 6.10 Å². The summed E-state index contributed by atoms with van der Waals surface area (Å²) in [6.45, 7) is 2.41. The molecule has 3 rings (SSSR count). The van der Waals surface area contributed by atoms with Crippen molar-refractivity contribution in [3.8, 4) is 5.75 Å². The predicted molar refractivity (Wildman–Crippen MR) is 146 cm³/mol. The van der Waals surface area contributed by atoms with Crippen LogP contribution in [-0.2, 0) is 17.8 Å². The van der Waals surface area contributed by atoms with Crippen LogP contribution in [0.5, 0.6) is 5.75 Å². The number of unbranched alkanes of at least 4 members (excludes halogenated alkanes) is 3. The number of amides is 1. The summed E-state index contributed by atoms with van der Waals surface area (Å²) in [5.74, 6) is -0.0769. The van der Waals surface area contributed by atoms with Crippen molar-refractivity contribution in [2.45, 2.75) is 44.8 Å². The molecule has 3 aromatic rings. The molecular weight excluding hydrogens is 468 g/mol. The van der Waals surface area contributed by atoms with Crippen LogP contribution in [0.4, 0.5) is 5.69 Å². The number of rotatable bonds is 16. The first-order valence-electron chi connectivity index (χ1n) is 12.9. The van der Waals surface area contributed by atoms with Crippen LogP contribution in [0.1, 0.15) is 58.8 Å². The lowest BCUT2D eigenvalue weighted by atomic mass is 10.1. The van der Waals surface area contributed by atoms with Crippen LogP contribution in [0.25, 0.3) is 0 Å². The Balaban J connectivity index is 1.18. The van der Waals surface area contributed by atoms with Crippen molar-refractivity contribution in [1.29, 1.82) is 0 Å². The van der Waals surface area contributed by atoms with E-state index in [0.29, 0.717) is 29.8 Å². The van der Waals surface area contributed by atoms with Crippen molar-refractivity contribution in [2.24, 2.45) is 0 Å². The fourth-order valence-corrected chi connectivity index (χ4v) is 3.94. The second kappa shape index (κ2) is 15.8. The van der Waals surface area contributed by atoms with Crippen molar-refractivity contribution >= 4 is 11.6 Å². The lowest BCUT2D eigenvalue weighted by molar-refractivity contribution is 0.102. The van der Waals surface area contributed by atoms with Gasteiger partial charge in [0.1, 0.15) is 5.75 Å². The Hall–Kier alpha value is -3.23. The molecule has 0 radical (unpaired) electrons. The van der Waals surface area contributed by atoms with E-state index in [1.54, 1.807) is 24.3 Å². The summed E-state index contributed by atoms with van der Waals surface area (Å²) in [5, 5.41) is 35.3. The number of aromatic hydroxyl groups is 1. The molecule has 1 amide bonds. The Morgan fingerprint density at radius 3 is 2.41 bits per heavy atom. The molecule has 0 fully saturated rings. The summed E-state index contributed by atoms with van der Waals surface area (Å²) in [7, 11) is 0. The second-order valence-corrected chi connectivity index (χ2v) is 9.06. The molecule has 0 aliphatic heterocycles. The van der Waals surface area contributed by atoms with Gasteiger partial charge in [0.05, 0.1) is 19.3 Å². The molecule has 7 heteroatoms. The number of nitrogens with one attached hydrogen (secondary N) is 2. The third-order valence-electron chi connectivity index (χ3n) is 6.17. The van der Waals surface area contributed by atoms with Gasteiger partial charge in [-0.25, -0.2) is 0 Å². The van der Waals surface area contributed by atoms with Crippen molar-refractivity contribution in [1.82, 2.24) is 5.32 Å². The van der Waals surface area contributed by atoms with Gasteiger partial charge in [0.25, 0.3) is 5.91 Å². The first kappa shape index (κ1) is 28.3. The van der Waals surface area contributed by atoms with Gasteiger partial charge in [0.2, 0.25) is 0 Å². The predicted octanol–water partition coefficient (Wildman–Crippen LogP) is 4.58. The number of hydrogen-bond donors (Lipinski definition) is 5. The Morgan fingerprint density at radius 1 is 0.892 bits per heavy atom. The molecule has 5 N–H and O–H groups in total. The highest BCUT2D eigenvalue weighted by atomic mass is 16.5. The van der Waals surface area contributed by atoms with Crippen LogP contribution in [0.3, 0.4) is 0 Å². The summed E-state index contributed by atoms with van der Waals surface area (Å²) >= 11 is 0. The van der Waals surface area contributed by atoms with E-state index in [1.165, 1.54) is 11.6 Å². The van der Waals surface area contributed by atoms with Gasteiger partial charge in [-0.3, -0.25) is 4.79 Å². The van der Waals surface area contributed by atoms with Crippen LogP contribution >= 0.6 is 0 Å². The van der Waals surface area contributed by atoms with E-state index in [0.717, 1.165) is 50.9 Å². The topological polar surface area (TPSA) is 111 Å². The molecule has 0 saturated heterocycles. The van der Waals surface area contributed by atoms with Crippen LogP contribution in [-0.4, -0.2) is 47.5 Å². The van der Waals surface area contributed by atoms with Gasteiger partial charge in [-0.1, -0.05) is 49.2 Å². The molecule has 1 atom stereocenters. The zero-order valence-electron chi connectivity index (χ0n) is 21.2. The van der Waals surface area contributed by atoms with Gasteiger partial charge in [-0.15, -0.1) is 0 Å². The van der Waals surface area contributed by atoms with Gasteiger partial charge in [-0.2, -0.15) is 0 Å². The molecule has 0 spiro atoms. The maximum atomic E-state index is 12.2. The highest BCUT2D eigenvalue weighted by molar-refractivity contribution is 6.04. The van der Waals surface area contributed by atoms with E-state index in [9.17, 15) is 20.1 Å². The Morgan fingerprint density at radius 2 is 1.65 bits per heavy atom. The molecule has 1 unspecified atom stereocenters. The molecule has 7 nitrogen and oxygen atoms in total. The number of phenols is 1. The van der Waals surface area contributed by atoms with E-state index in [2.05, 4.69) is 10.6 Å². The molecule has 0 saturated carbocycles. The van der Waals surface area contributed by atoms with E-state index in [1.807, 2.05) is 42.5 Å². The number of carbonyl (C=O) groups is 1. The average molecular weight is 507 g/mol. The quantitative estimate of drug-likeness (QED) is 0.182. The molecule has 3 aromatic carbocycles. The highest BCUT2D eigenvalue weighted by Gasteiger charge is 2.10. The molecule has 0 aliphatic rings. The minimum absolute atomic E-state index is 0.0375. The first-order chi connectivity index (χ1) is 18.1. The summed E-state index contributed by atoms with van der Waals surface area (Å²) in [4.78, 5) is 12.2. The van der Waals surface area contributed by atoms with Gasteiger partial charge in [-0.05, 0) is 73.3 Å². The van der Waals surface area contributed by atoms with Gasteiger partial charge < -0.3 is 30.7 Å². The third kappa shape index (κ3) is 9.98. The standard InChI is InChI=1S/C30H38N2O5/c33-22-26-20-25(12-15-28(26)34)29(35)21-31-17-6-1-2-7-18-37-19-16-23-10-13-27(14-11-23)32-30(36)24-8-4-3-5-9-24/h3-5,8-15,20,29,31,33-35H,1-2,6-7,16-19,21-22H2,(H,32,36). The number of ether oxygens (including phenoxy) is 1. The number of hydrogen-bond acceptors (Lipinski definition) is 6. The van der Waals surface area contributed by atoms with Crippen molar-refractivity contribution in [3.63, 3.8) is 0 Å². The minimum Gasteiger partial charge on any atom is -0.508 e. The normalized spacial score (nSPS) is 11.8. The zero-order valence-corrected chi connectivity index (χ0v) is 21.2. The Kier molecular flexibility index (Phi) is 12.1. The van der Waals surface area contributed by atoms with Gasteiger partial charge in [0, 0.05) is 30.0 Å². The van der Waals surface area contributed by atoms with E-state index in [-0.39, 0.29) is 18.3 Å². The molecule has 0 heterocycles. The van der Waals surface area contributed by atoms with E-state index in [4.69, 9.17) is 4.74 Å². The second-order valence-electron chi connectivity index (χ2n) is 9.06. The number of aliphatic hydroxyl groups is 2. The molecular formula is C30H38N2O5. The Labute approximate surface area is 219 Å². The molecule has 198 valence electrons. The summed E-state index contributed by atoms with van der Waals surface area (Å²) in [6, 6.07) is 21.8.